The SMILES string of the molecule is COc1cc(C)c(/C=C2\NC(=O)NC2=O)cc1C(C)C. The highest BCUT2D eigenvalue weighted by Gasteiger charge is 2.23. The average Bonchev–Trinajstić information content (AvgIpc) is 2.69. The molecule has 2 rings (SSSR count). The molecule has 1 fully saturated rings. The molecule has 0 aromatic heterocycles. The number of carbonyl (C=O) groups is 2. The zero-order valence-electron chi connectivity index (χ0n) is 12.0. The van der Waals surface area contributed by atoms with E-state index in [2.05, 4.69) is 24.5 Å². The summed E-state index contributed by atoms with van der Waals surface area (Å²) in [5, 5.41) is 4.67. The summed E-state index contributed by atoms with van der Waals surface area (Å²) in [6.07, 6.45) is 1.68. The minimum atomic E-state index is -0.489. The van der Waals surface area contributed by atoms with E-state index >= 15 is 0 Å². The molecule has 106 valence electrons. The van der Waals surface area contributed by atoms with Crippen molar-refractivity contribution < 1.29 is 14.3 Å². The molecule has 0 spiro atoms. The molecule has 1 heterocycles. The molecule has 20 heavy (non-hydrogen) atoms. The molecular weight excluding hydrogens is 256 g/mol. The summed E-state index contributed by atoms with van der Waals surface area (Å²) >= 11 is 0. The molecule has 5 heteroatoms. The summed E-state index contributed by atoms with van der Waals surface area (Å²) in [5.41, 5.74) is 3.20. The van der Waals surface area contributed by atoms with Crippen LogP contribution in [0.4, 0.5) is 4.79 Å². The molecule has 0 saturated carbocycles. The van der Waals surface area contributed by atoms with Gasteiger partial charge in [0.2, 0.25) is 0 Å². The third-order valence-electron chi connectivity index (χ3n) is 3.26. The number of urea groups is 1. The van der Waals surface area contributed by atoms with Crippen LogP contribution in [-0.4, -0.2) is 19.0 Å². The van der Waals surface area contributed by atoms with Gasteiger partial charge in [-0.05, 0) is 47.7 Å². The smallest absolute Gasteiger partial charge is 0.326 e. The standard InChI is InChI=1S/C15H18N2O3/c1-8(2)11-6-10(9(3)5-13(11)20-4)7-12-14(18)17-15(19)16-12/h5-8H,1-4H3,(H2,16,17,18,19)/b12-7-. The minimum absolute atomic E-state index is 0.262. The van der Waals surface area contributed by atoms with Crippen LogP contribution in [0.25, 0.3) is 6.08 Å². The van der Waals surface area contributed by atoms with Gasteiger partial charge in [-0.3, -0.25) is 10.1 Å². The molecule has 1 aliphatic heterocycles. The van der Waals surface area contributed by atoms with E-state index in [-0.39, 0.29) is 5.70 Å². The molecule has 0 bridgehead atoms. The van der Waals surface area contributed by atoms with Crippen LogP contribution in [0.3, 0.4) is 0 Å². The molecular formula is C15H18N2O3. The molecule has 0 aliphatic carbocycles. The number of methoxy groups -OCH3 is 1. The van der Waals surface area contributed by atoms with Gasteiger partial charge < -0.3 is 10.1 Å². The fraction of sp³-hybridized carbons (Fsp3) is 0.333. The van der Waals surface area contributed by atoms with Gasteiger partial charge in [0, 0.05) is 0 Å². The first-order valence-corrected chi connectivity index (χ1v) is 6.45. The van der Waals surface area contributed by atoms with E-state index < -0.39 is 11.9 Å². The van der Waals surface area contributed by atoms with Crippen LogP contribution in [0, 0.1) is 6.92 Å². The second kappa shape index (κ2) is 5.36. The third-order valence-corrected chi connectivity index (χ3v) is 3.26. The first kappa shape index (κ1) is 14.1. The van der Waals surface area contributed by atoms with Gasteiger partial charge in [0.05, 0.1) is 7.11 Å². The van der Waals surface area contributed by atoms with Crippen LogP contribution < -0.4 is 15.4 Å². The maximum atomic E-state index is 11.6. The molecule has 3 amide bonds. The molecule has 2 N–H and O–H groups in total. The van der Waals surface area contributed by atoms with E-state index in [0.717, 1.165) is 22.4 Å². The van der Waals surface area contributed by atoms with Crippen molar-refractivity contribution in [1.29, 1.82) is 0 Å². The summed E-state index contributed by atoms with van der Waals surface area (Å²) in [5.74, 6) is 0.727. The van der Waals surface area contributed by atoms with Crippen LogP contribution in [0.1, 0.15) is 36.5 Å². The lowest BCUT2D eigenvalue weighted by atomic mass is 9.96. The molecule has 1 aromatic rings. The number of ether oxygens (including phenoxy) is 1. The van der Waals surface area contributed by atoms with Crippen LogP contribution in [0.2, 0.25) is 0 Å². The Morgan fingerprint density at radius 2 is 1.90 bits per heavy atom. The Morgan fingerprint density at radius 3 is 2.40 bits per heavy atom. The van der Waals surface area contributed by atoms with E-state index in [0.29, 0.717) is 5.92 Å². The number of amides is 3. The molecule has 1 saturated heterocycles. The number of nitrogens with one attached hydrogen (secondary N) is 2. The summed E-state index contributed by atoms with van der Waals surface area (Å²) in [4.78, 5) is 22.7. The number of hydrogen-bond acceptors (Lipinski definition) is 3. The van der Waals surface area contributed by atoms with Crippen LogP contribution in [-0.2, 0) is 4.79 Å². The minimum Gasteiger partial charge on any atom is -0.496 e. The van der Waals surface area contributed by atoms with Crippen molar-refractivity contribution in [3.8, 4) is 5.75 Å². The van der Waals surface area contributed by atoms with Gasteiger partial charge in [-0.15, -0.1) is 0 Å². The summed E-state index contributed by atoms with van der Waals surface area (Å²) < 4.78 is 5.38. The lowest BCUT2D eigenvalue weighted by Crippen LogP contribution is -2.22. The number of carbonyl (C=O) groups excluding carboxylic acids is 2. The predicted octanol–water partition coefficient (Wildman–Crippen LogP) is 2.31. The van der Waals surface area contributed by atoms with E-state index in [4.69, 9.17) is 4.74 Å². The number of aryl methyl sites for hydroxylation is 1. The maximum Gasteiger partial charge on any atom is 0.326 e. The summed E-state index contributed by atoms with van der Waals surface area (Å²) in [7, 11) is 1.64. The van der Waals surface area contributed by atoms with Crippen molar-refractivity contribution in [3.05, 3.63) is 34.5 Å². The third kappa shape index (κ3) is 2.66. The van der Waals surface area contributed by atoms with Gasteiger partial charge in [0.1, 0.15) is 11.4 Å². The predicted molar refractivity (Wildman–Crippen MR) is 76.5 cm³/mol. The zero-order chi connectivity index (χ0) is 14.9. The molecule has 1 aliphatic rings. The van der Waals surface area contributed by atoms with Crippen molar-refractivity contribution in [2.75, 3.05) is 7.11 Å². The first-order valence-electron chi connectivity index (χ1n) is 6.45. The Balaban J connectivity index is 2.47. The van der Waals surface area contributed by atoms with Crippen LogP contribution in [0.15, 0.2) is 17.8 Å². The lowest BCUT2D eigenvalue weighted by molar-refractivity contribution is -0.115. The summed E-state index contributed by atoms with van der Waals surface area (Å²) in [6.45, 7) is 6.09. The lowest BCUT2D eigenvalue weighted by Gasteiger charge is -2.14. The van der Waals surface area contributed by atoms with E-state index in [9.17, 15) is 9.59 Å². The quantitative estimate of drug-likeness (QED) is 0.656. The number of benzene rings is 1. The van der Waals surface area contributed by atoms with Gasteiger partial charge in [-0.25, -0.2) is 4.79 Å². The van der Waals surface area contributed by atoms with Gasteiger partial charge in [-0.2, -0.15) is 0 Å². The second-order valence-corrected chi connectivity index (χ2v) is 5.07. The normalized spacial score (nSPS) is 16.6. The Labute approximate surface area is 118 Å². The summed E-state index contributed by atoms with van der Waals surface area (Å²) in [6, 6.07) is 3.44. The van der Waals surface area contributed by atoms with Crippen LogP contribution >= 0.6 is 0 Å². The number of imide groups is 1. The van der Waals surface area contributed by atoms with E-state index in [1.54, 1.807) is 13.2 Å². The highest BCUT2D eigenvalue weighted by atomic mass is 16.5. The largest absolute Gasteiger partial charge is 0.496 e. The average molecular weight is 274 g/mol. The Bertz CT molecular complexity index is 603. The van der Waals surface area contributed by atoms with Gasteiger partial charge in [-0.1, -0.05) is 13.8 Å². The second-order valence-electron chi connectivity index (χ2n) is 5.07. The maximum absolute atomic E-state index is 11.6. The topological polar surface area (TPSA) is 67.4 Å². The van der Waals surface area contributed by atoms with E-state index in [1.165, 1.54) is 0 Å². The zero-order valence-corrected chi connectivity index (χ0v) is 12.0. The molecule has 0 unspecified atom stereocenters. The van der Waals surface area contributed by atoms with Gasteiger partial charge in [0.15, 0.2) is 0 Å². The first-order chi connectivity index (χ1) is 9.42. The fourth-order valence-corrected chi connectivity index (χ4v) is 2.14. The van der Waals surface area contributed by atoms with Crippen molar-refractivity contribution >= 4 is 18.0 Å². The van der Waals surface area contributed by atoms with Crippen molar-refractivity contribution in [1.82, 2.24) is 10.6 Å². The van der Waals surface area contributed by atoms with Crippen molar-refractivity contribution in [3.63, 3.8) is 0 Å². The number of hydrogen-bond donors (Lipinski definition) is 2. The van der Waals surface area contributed by atoms with Gasteiger partial charge in [0.25, 0.3) is 5.91 Å². The Morgan fingerprint density at radius 1 is 1.20 bits per heavy atom. The van der Waals surface area contributed by atoms with E-state index in [1.807, 2.05) is 19.1 Å². The highest BCUT2D eigenvalue weighted by Crippen LogP contribution is 2.30. The Hall–Kier alpha value is -2.30. The van der Waals surface area contributed by atoms with Crippen molar-refractivity contribution in [2.24, 2.45) is 0 Å². The highest BCUT2D eigenvalue weighted by molar-refractivity contribution is 6.14. The molecule has 0 radical (unpaired) electrons. The fourth-order valence-electron chi connectivity index (χ4n) is 2.14. The Kier molecular flexibility index (Phi) is 3.79. The molecule has 1 aromatic carbocycles. The van der Waals surface area contributed by atoms with Crippen LogP contribution in [0.5, 0.6) is 5.75 Å². The molecule has 5 nitrogen and oxygen atoms in total. The van der Waals surface area contributed by atoms with Crippen molar-refractivity contribution in [2.45, 2.75) is 26.7 Å². The molecule has 0 atom stereocenters. The van der Waals surface area contributed by atoms with Gasteiger partial charge >= 0.3 is 6.03 Å². The monoisotopic (exact) mass is 274 g/mol. The number of rotatable bonds is 3.